The van der Waals surface area contributed by atoms with Gasteiger partial charge in [-0.3, -0.25) is 9.89 Å². The zero-order valence-electron chi connectivity index (χ0n) is 12.0. The quantitative estimate of drug-likeness (QED) is 0.814. The van der Waals surface area contributed by atoms with Gasteiger partial charge >= 0.3 is 0 Å². The van der Waals surface area contributed by atoms with Crippen LogP contribution in [0.5, 0.6) is 0 Å². The number of H-pyrrole nitrogens is 1. The molecule has 110 valence electrons. The Bertz CT molecular complexity index is 643. The lowest BCUT2D eigenvalue weighted by Gasteiger charge is -2.36. The smallest absolute Gasteiger partial charge is 0.257 e. The Balaban J connectivity index is 1.67. The number of aromatic nitrogens is 2. The molecule has 2 aromatic rings. The Morgan fingerprint density at radius 1 is 1.24 bits per heavy atom. The molecule has 0 aliphatic carbocycles. The van der Waals surface area contributed by atoms with E-state index in [1.807, 2.05) is 36.1 Å². The molecule has 0 atom stereocenters. The molecule has 0 saturated carbocycles. The Hall–Kier alpha value is -2.50. The fourth-order valence-corrected chi connectivity index (χ4v) is 2.66. The number of nitrogens with two attached hydrogens (primary N) is 1. The molecule has 1 aliphatic rings. The zero-order chi connectivity index (χ0) is 14.8. The van der Waals surface area contributed by atoms with E-state index in [9.17, 15) is 4.79 Å². The molecule has 0 unspecified atom stereocenters. The van der Waals surface area contributed by atoms with Gasteiger partial charge in [0.25, 0.3) is 5.91 Å². The number of nitrogens with zero attached hydrogens (tertiary/aromatic N) is 3. The maximum atomic E-state index is 12.4. The topological polar surface area (TPSA) is 78.2 Å². The SMILES string of the molecule is Cc1[nH]ncc1C(=O)N1CCN(c2ccccc2N)CC1. The molecule has 6 nitrogen and oxygen atoms in total. The number of nitrogens with one attached hydrogen (secondary N) is 1. The highest BCUT2D eigenvalue weighted by atomic mass is 16.2. The van der Waals surface area contributed by atoms with Gasteiger partial charge in [0.05, 0.1) is 23.1 Å². The number of rotatable bonds is 2. The van der Waals surface area contributed by atoms with Gasteiger partial charge in [-0.15, -0.1) is 0 Å². The van der Waals surface area contributed by atoms with Crippen LogP contribution >= 0.6 is 0 Å². The summed E-state index contributed by atoms with van der Waals surface area (Å²) in [5.41, 5.74) is 9.30. The molecule has 3 N–H and O–H groups in total. The Morgan fingerprint density at radius 3 is 2.57 bits per heavy atom. The number of carbonyl (C=O) groups excluding carboxylic acids is 1. The molecular weight excluding hydrogens is 266 g/mol. The van der Waals surface area contributed by atoms with Crippen molar-refractivity contribution in [1.29, 1.82) is 0 Å². The van der Waals surface area contributed by atoms with Gasteiger partial charge in [-0.1, -0.05) is 12.1 Å². The van der Waals surface area contributed by atoms with Crippen LogP contribution in [0.3, 0.4) is 0 Å². The first-order valence-corrected chi connectivity index (χ1v) is 7.05. The summed E-state index contributed by atoms with van der Waals surface area (Å²) in [6.45, 7) is 4.82. The Morgan fingerprint density at radius 2 is 1.95 bits per heavy atom. The van der Waals surface area contributed by atoms with Gasteiger partial charge in [0.1, 0.15) is 0 Å². The summed E-state index contributed by atoms with van der Waals surface area (Å²) in [6.07, 6.45) is 1.60. The summed E-state index contributed by atoms with van der Waals surface area (Å²) >= 11 is 0. The predicted octanol–water partition coefficient (Wildman–Crippen LogP) is 1.26. The molecule has 1 fully saturated rings. The van der Waals surface area contributed by atoms with Crippen molar-refractivity contribution in [3.63, 3.8) is 0 Å². The molecule has 3 rings (SSSR count). The van der Waals surface area contributed by atoms with Crippen LogP contribution in [0.15, 0.2) is 30.5 Å². The third kappa shape index (κ3) is 2.56. The third-order valence-electron chi connectivity index (χ3n) is 3.90. The normalized spacial score (nSPS) is 15.3. The molecule has 1 amide bonds. The van der Waals surface area contributed by atoms with Gasteiger partial charge in [-0.25, -0.2) is 0 Å². The highest BCUT2D eigenvalue weighted by molar-refractivity contribution is 5.95. The lowest BCUT2D eigenvalue weighted by molar-refractivity contribution is 0.0746. The van der Waals surface area contributed by atoms with Crippen molar-refractivity contribution in [2.45, 2.75) is 6.92 Å². The molecule has 0 spiro atoms. The van der Waals surface area contributed by atoms with Crippen LogP contribution in [0.2, 0.25) is 0 Å². The predicted molar refractivity (Wildman–Crippen MR) is 82.3 cm³/mol. The summed E-state index contributed by atoms with van der Waals surface area (Å²) in [7, 11) is 0. The van der Waals surface area contributed by atoms with Crippen molar-refractivity contribution in [3.05, 3.63) is 41.7 Å². The Labute approximate surface area is 123 Å². The maximum Gasteiger partial charge on any atom is 0.257 e. The number of carbonyl (C=O) groups is 1. The van der Waals surface area contributed by atoms with Gasteiger partial charge in [0.2, 0.25) is 0 Å². The fraction of sp³-hybridized carbons (Fsp3) is 0.333. The van der Waals surface area contributed by atoms with Crippen LogP contribution in [-0.2, 0) is 0 Å². The van der Waals surface area contributed by atoms with E-state index in [0.29, 0.717) is 18.7 Å². The van der Waals surface area contributed by atoms with Gasteiger partial charge in [0.15, 0.2) is 0 Å². The molecule has 0 bridgehead atoms. The van der Waals surface area contributed by atoms with E-state index in [1.54, 1.807) is 6.20 Å². The standard InChI is InChI=1S/C15H19N5O/c1-11-12(10-17-18-11)15(21)20-8-6-19(7-9-20)14-5-3-2-4-13(14)16/h2-5,10H,6-9,16H2,1H3,(H,17,18). The maximum absolute atomic E-state index is 12.4. The van der Waals surface area contributed by atoms with E-state index in [2.05, 4.69) is 15.1 Å². The van der Waals surface area contributed by atoms with E-state index in [0.717, 1.165) is 30.2 Å². The van der Waals surface area contributed by atoms with Crippen molar-refractivity contribution < 1.29 is 4.79 Å². The summed E-state index contributed by atoms with van der Waals surface area (Å²) in [5.74, 6) is 0.0435. The second kappa shape index (κ2) is 5.47. The molecule has 1 saturated heterocycles. The van der Waals surface area contributed by atoms with Crippen molar-refractivity contribution in [2.24, 2.45) is 0 Å². The number of aryl methyl sites for hydroxylation is 1. The number of aromatic amines is 1. The number of hydrogen-bond donors (Lipinski definition) is 2. The zero-order valence-corrected chi connectivity index (χ0v) is 12.0. The second-order valence-corrected chi connectivity index (χ2v) is 5.25. The molecule has 21 heavy (non-hydrogen) atoms. The minimum atomic E-state index is 0.0435. The van der Waals surface area contributed by atoms with Crippen molar-refractivity contribution in [2.75, 3.05) is 36.8 Å². The number of piperazine rings is 1. The number of anilines is 2. The molecule has 1 aromatic carbocycles. The number of hydrogen-bond acceptors (Lipinski definition) is 4. The number of nitrogen functional groups attached to an aromatic ring is 1. The minimum absolute atomic E-state index is 0.0435. The Kier molecular flexibility index (Phi) is 3.51. The summed E-state index contributed by atoms with van der Waals surface area (Å²) in [4.78, 5) is 16.5. The van der Waals surface area contributed by atoms with E-state index in [-0.39, 0.29) is 5.91 Å². The lowest BCUT2D eigenvalue weighted by Crippen LogP contribution is -2.49. The van der Waals surface area contributed by atoms with Gasteiger partial charge in [-0.05, 0) is 19.1 Å². The first-order valence-electron chi connectivity index (χ1n) is 7.05. The van der Waals surface area contributed by atoms with E-state index < -0.39 is 0 Å². The van der Waals surface area contributed by atoms with E-state index in [4.69, 9.17) is 5.73 Å². The first-order chi connectivity index (χ1) is 10.2. The van der Waals surface area contributed by atoms with Gasteiger partial charge in [0, 0.05) is 31.9 Å². The van der Waals surface area contributed by atoms with Crippen LogP contribution in [0, 0.1) is 6.92 Å². The molecule has 2 heterocycles. The van der Waals surface area contributed by atoms with E-state index >= 15 is 0 Å². The largest absolute Gasteiger partial charge is 0.397 e. The van der Waals surface area contributed by atoms with Crippen LogP contribution in [-0.4, -0.2) is 47.2 Å². The van der Waals surface area contributed by atoms with Crippen molar-refractivity contribution in [3.8, 4) is 0 Å². The molecule has 1 aromatic heterocycles. The van der Waals surface area contributed by atoms with E-state index in [1.165, 1.54) is 0 Å². The minimum Gasteiger partial charge on any atom is -0.397 e. The summed E-state index contributed by atoms with van der Waals surface area (Å²) in [6, 6.07) is 7.84. The first kappa shape index (κ1) is 13.5. The number of para-hydroxylation sites is 2. The fourth-order valence-electron chi connectivity index (χ4n) is 2.66. The molecular formula is C15H19N5O. The monoisotopic (exact) mass is 285 g/mol. The molecule has 1 aliphatic heterocycles. The lowest BCUT2D eigenvalue weighted by atomic mass is 10.2. The van der Waals surface area contributed by atoms with Crippen molar-refractivity contribution in [1.82, 2.24) is 15.1 Å². The number of amides is 1. The van der Waals surface area contributed by atoms with Crippen LogP contribution in [0.4, 0.5) is 11.4 Å². The third-order valence-corrected chi connectivity index (χ3v) is 3.90. The number of benzene rings is 1. The van der Waals surface area contributed by atoms with Gasteiger partial charge < -0.3 is 15.5 Å². The average Bonchev–Trinajstić information content (AvgIpc) is 2.93. The van der Waals surface area contributed by atoms with Crippen LogP contribution in [0.1, 0.15) is 16.1 Å². The average molecular weight is 285 g/mol. The van der Waals surface area contributed by atoms with Crippen molar-refractivity contribution >= 4 is 17.3 Å². The molecule has 6 heteroatoms. The van der Waals surface area contributed by atoms with Crippen LogP contribution < -0.4 is 10.6 Å². The second-order valence-electron chi connectivity index (χ2n) is 5.25. The van der Waals surface area contributed by atoms with Crippen LogP contribution in [0.25, 0.3) is 0 Å². The van der Waals surface area contributed by atoms with Gasteiger partial charge in [-0.2, -0.15) is 5.10 Å². The highest BCUT2D eigenvalue weighted by Crippen LogP contribution is 2.24. The molecule has 0 radical (unpaired) electrons. The summed E-state index contributed by atoms with van der Waals surface area (Å²) < 4.78 is 0. The highest BCUT2D eigenvalue weighted by Gasteiger charge is 2.24. The summed E-state index contributed by atoms with van der Waals surface area (Å²) in [5, 5.41) is 6.72.